The van der Waals surface area contributed by atoms with Crippen molar-refractivity contribution in [1.29, 1.82) is 0 Å². The maximum atomic E-state index is 11.3. The van der Waals surface area contributed by atoms with Gasteiger partial charge in [-0.1, -0.05) is 0 Å². The normalized spacial score (nSPS) is 29.6. The average molecular weight is 241 g/mol. The number of hydrogen-bond acceptors (Lipinski definition) is 4. The quantitative estimate of drug-likeness (QED) is 0.669. The van der Waals surface area contributed by atoms with E-state index in [-0.39, 0.29) is 24.6 Å². The van der Waals surface area contributed by atoms with Crippen molar-refractivity contribution in [2.45, 2.75) is 37.8 Å². The lowest BCUT2D eigenvalue weighted by Crippen LogP contribution is -2.36. The summed E-state index contributed by atoms with van der Waals surface area (Å²) in [5, 5.41) is 2.48. The summed E-state index contributed by atoms with van der Waals surface area (Å²) in [6, 6.07) is -0.00921. The molecule has 1 saturated heterocycles. The molecular weight excluding hydrogens is 222 g/mol. The molecule has 0 spiro atoms. The first-order valence-corrected chi connectivity index (χ1v) is 6.12. The van der Waals surface area contributed by atoms with Gasteiger partial charge in [-0.05, 0) is 25.7 Å². The Morgan fingerprint density at radius 3 is 2.59 bits per heavy atom. The number of nitrogens with one attached hydrogen (secondary N) is 1. The fourth-order valence-electron chi connectivity index (χ4n) is 2.25. The lowest BCUT2D eigenvalue weighted by Gasteiger charge is -2.26. The monoisotopic (exact) mass is 241 g/mol. The van der Waals surface area contributed by atoms with Gasteiger partial charge in [0, 0.05) is 6.04 Å². The number of amides is 3. The zero-order valence-electron chi connectivity index (χ0n) is 9.85. The highest BCUT2D eigenvalue weighted by Gasteiger charge is 2.28. The summed E-state index contributed by atoms with van der Waals surface area (Å²) in [5.74, 6) is -0.177. The van der Waals surface area contributed by atoms with E-state index in [1.54, 1.807) is 0 Å². The van der Waals surface area contributed by atoms with Crippen molar-refractivity contribution in [2.75, 3.05) is 19.7 Å². The van der Waals surface area contributed by atoms with E-state index < -0.39 is 0 Å². The van der Waals surface area contributed by atoms with Crippen LogP contribution in [0.5, 0.6) is 0 Å². The first-order valence-electron chi connectivity index (χ1n) is 6.12. The van der Waals surface area contributed by atoms with E-state index >= 15 is 0 Å². The van der Waals surface area contributed by atoms with Crippen molar-refractivity contribution >= 4 is 11.9 Å². The molecule has 6 heteroatoms. The van der Waals surface area contributed by atoms with Crippen molar-refractivity contribution in [3.05, 3.63) is 0 Å². The minimum absolute atomic E-state index is 0.108. The number of nitrogens with zero attached hydrogens (tertiary/aromatic N) is 1. The molecule has 0 aromatic carbocycles. The Balaban J connectivity index is 1.66. The molecule has 1 aliphatic heterocycles. The summed E-state index contributed by atoms with van der Waals surface area (Å²) in [6.45, 7) is 0.864. The van der Waals surface area contributed by atoms with Gasteiger partial charge in [-0.2, -0.15) is 0 Å². The fraction of sp³-hybridized carbons (Fsp3) is 0.818. The molecule has 1 aliphatic carbocycles. The molecule has 3 N–H and O–H groups in total. The predicted molar refractivity (Wildman–Crippen MR) is 61.3 cm³/mol. The summed E-state index contributed by atoms with van der Waals surface area (Å²) in [7, 11) is 0. The van der Waals surface area contributed by atoms with Crippen LogP contribution in [-0.2, 0) is 9.53 Å². The van der Waals surface area contributed by atoms with Crippen LogP contribution in [0.15, 0.2) is 0 Å². The average Bonchev–Trinajstić information content (AvgIpc) is 2.63. The molecule has 0 atom stereocenters. The number of nitrogens with two attached hydrogens (primary N) is 1. The van der Waals surface area contributed by atoms with Gasteiger partial charge in [-0.25, -0.2) is 4.79 Å². The predicted octanol–water partition coefficient (Wildman–Crippen LogP) is -0.175. The van der Waals surface area contributed by atoms with Crippen LogP contribution in [0.3, 0.4) is 0 Å². The van der Waals surface area contributed by atoms with Crippen LogP contribution in [0.2, 0.25) is 0 Å². The summed E-state index contributed by atoms with van der Waals surface area (Å²) < 4.78 is 5.66. The number of hydrogen-bond donors (Lipinski definition) is 2. The van der Waals surface area contributed by atoms with Gasteiger partial charge in [0.15, 0.2) is 0 Å². The molecule has 2 fully saturated rings. The molecule has 2 aliphatic rings. The van der Waals surface area contributed by atoms with Gasteiger partial charge < -0.3 is 15.8 Å². The van der Waals surface area contributed by atoms with Crippen LogP contribution in [0.4, 0.5) is 4.79 Å². The SMILES string of the molecule is NC1CCC(OCCN2C(=O)CNC2=O)CC1. The molecule has 96 valence electrons. The lowest BCUT2D eigenvalue weighted by molar-refractivity contribution is -0.125. The second-order valence-electron chi connectivity index (χ2n) is 4.61. The lowest BCUT2D eigenvalue weighted by atomic mass is 9.94. The van der Waals surface area contributed by atoms with Crippen LogP contribution < -0.4 is 11.1 Å². The maximum Gasteiger partial charge on any atom is 0.324 e. The molecule has 1 saturated carbocycles. The number of urea groups is 1. The number of ether oxygens (including phenoxy) is 1. The highest BCUT2D eigenvalue weighted by Crippen LogP contribution is 2.19. The smallest absolute Gasteiger partial charge is 0.324 e. The molecule has 0 bridgehead atoms. The van der Waals surface area contributed by atoms with Crippen molar-refractivity contribution in [3.63, 3.8) is 0 Å². The molecule has 1 heterocycles. The first-order chi connectivity index (χ1) is 8.16. The van der Waals surface area contributed by atoms with Gasteiger partial charge in [0.2, 0.25) is 5.91 Å². The van der Waals surface area contributed by atoms with E-state index in [9.17, 15) is 9.59 Å². The Bertz CT molecular complexity index is 284. The second kappa shape index (κ2) is 5.46. The molecule has 2 rings (SSSR count). The molecule has 0 radical (unpaired) electrons. The van der Waals surface area contributed by atoms with Gasteiger partial charge in [0.25, 0.3) is 0 Å². The van der Waals surface area contributed by atoms with Gasteiger partial charge in [0.05, 0.1) is 25.8 Å². The van der Waals surface area contributed by atoms with Crippen molar-refractivity contribution in [3.8, 4) is 0 Å². The highest BCUT2D eigenvalue weighted by atomic mass is 16.5. The van der Waals surface area contributed by atoms with E-state index in [1.165, 1.54) is 4.90 Å². The third kappa shape index (κ3) is 3.17. The van der Waals surface area contributed by atoms with E-state index in [4.69, 9.17) is 10.5 Å². The molecule has 17 heavy (non-hydrogen) atoms. The third-order valence-corrected chi connectivity index (χ3v) is 3.32. The Kier molecular flexibility index (Phi) is 3.96. The molecule has 0 unspecified atom stereocenters. The van der Waals surface area contributed by atoms with Crippen LogP contribution in [0, 0.1) is 0 Å². The van der Waals surface area contributed by atoms with E-state index in [0.717, 1.165) is 25.7 Å². The molecular formula is C11H19N3O3. The van der Waals surface area contributed by atoms with Crippen molar-refractivity contribution in [2.24, 2.45) is 5.73 Å². The summed E-state index contributed by atoms with van der Waals surface area (Å²) >= 11 is 0. The van der Waals surface area contributed by atoms with Crippen molar-refractivity contribution in [1.82, 2.24) is 10.2 Å². The second-order valence-corrected chi connectivity index (χ2v) is 4.61. The minimum atomic E-state index is -0.315. The molecule has 3 amide bonds. The number of imide groups is 1. The number of rotatable bonds is 4. The Morgan fingerprint density at radius 2 is 2.00 bits per heavy atom. The number of carbonyl (C=O) groups is 2. The van der Waals surface area contributed by atoms with Gasteiger partial charge in [-0.15, -0.1) is 0 Å². The van der Waals surface area contributed by atoms with E-state index in [2.05, 4.69) is 5.32 Å². The van der Waals surface area contributed by atoms with E-state index in [0.29, 0.717) is 19.2 Å². The molecule has 0 aromatic rings. The minimum Gasteiger partial charge on any atom is -0.376 e. The van der Waals surface area contributed by atoms with Gasteiger partial charge in [0.1, 0.15) is 0 Å². The Morgan fingerprint density at radius 1 is 1.29 bits per heavy atom. The van der Waals surface area contributed by atoms with Crippen LogP contribution in [0.1, 0.15) is 25.7 Å². The summed E-state index contributed by atoms with van der Waals surface area (Å²) in [4.78, 5) is 23.7. The fourth-order valence-corrected chi connectivity index (χ4v) is 2.25. The van der Waals surface area contributed by atoms with Crippen LogP contribution in [-0.4, -0.2) is 48.7 Å². The molecule has 0 aromatic heterocycles. The zero-order chi connectivity index (χ0) is 12.3. The Hall–Kier alpha value is -1.14. The Labute approximate surface area is 100 Å². The zero-order valence-corrected chi connectivity index (χ0v) is 9.85. The molecule has 6 nitrogen and oxygen atoms in total. The maximum absolute atomic E-state index is 11.3. The number of carbonyl (C=O) groups excluding carboxylic acids is 2. The van der Waals surface area contributed by atoms with Crippen molar-refractivity contribution < 1.29 is 14.3 Å². The summed E-state index contributed by atoms with van der Waals surface area (Å²) in [5.41, 5.74) is 5.80. The van der Waals surface area contributed by atoms with Gasteiger partial charge in [-0.3, -0.25) is 9.69 Å². The largest absolute Gasteiger partial charge is 0.376 e. The topological polar surface area (TPSA) is 84.7 Å². The van der Waals surface area contributed by atoms with Crippen LogP contribution in [0.25, 0.3) is 0 Å². The standard InChI is InChI=1S/C11H19N3O3/c12-8-1-3-9(4-2-8)17-6-5-14-10(15)7-13-11(14)16/h8-9H,1-7,12H2,(H,13,16). The van der Waals surface area contributed by atoms with Gasteiger partial charge >= 0.3 is 6.03 Å². The summed E-state index contributed by atoms with van der Waals surface area (Å²) in [6.07, 6.45) is 4.17. The third-order valence-electron chi connectivity index (χ3n) is 3.32. The van der Waals surface area contributed by atoms with E-state index in [1.807, 2.05) is 0 Å². The first kappa shape index (κ1) is 12.3. The van der Waals surface area contributed by atoms with Crippen LogP contribution >= 0.6 is 0 Å². The highest BCUT2D eigenvalue weighted by molar-refractivity contribution is 6.01.